The molecular formula is C12H12BrClN2O. The number of hydrogen-bond acceptors (Lipinski definition) is 3. The van der Waals surface area contributed by atoms with Crippen molar-refractivity contribution < 1.29 is 5.11 Å². The molecule has 0 unspecified atom stereocenters. The molecule has 1 aromatic rings. The highest BCUT2D eigenvalue weighted by molar-refractivity contribution is 9.09. The number of halogens is 2. The molecule has 0 spiro atoms. The summed E-state index contributed by atoms with van der Waals surface area (Å²) in [5.41, 5.74) is 0.492. The van der Waals surface area contributed by atoms with E-state index in [-0.39, 0.29) is 0 Å². The van der Waals surface area contributed by atoms with Gasteiger partial charge in [0.15, 0.2) is 0 Å². The Balaban J connectivity index is 2.88. The van der Waals surface area contributed by atoms with Crippen molar-refractivity contribution in [2.24, 2.45) is 0 Å². The van der Waals surface area contributed by atoms with Crippen LogP contribution in [0, 0.1) is 11.3 Å². The number of hydrogen-bond donors (Lipinski definition) is 2. The van der Waals surface area contributed by atoms with Crippen LogP contribution < -0.4 is 5.32 Å². The van der Waals surface area contributed by atoms with E-state index in [1.807, 2.05) is 6.07 Å². The number of anilines is 1. The lowest BCUT2D eigenvalue weighted by Crippen LogP contribution is -2.32. The van der Waals surface area contributed by atoms with E-state index in [2.05, 4.69) is 27.8 Å². The van der Waals surface area contributed by atoms with Crippen molar-refractivity contribution in [2.45, 2.75) is 12.5 Å². The maximum Gasteiger partial charge on any atom is 0.110 e. The van der Waals surface area contributed by atoms with Crippen LogP contribution in [0.5, 0.6) is 0 Å². The number of rotatable bonds is 4. The van der Waals surface area contributed by atoms with Crippen LogP contribution in [-0.2, 0) is 0 Å². The van der Waals surface area contributed by atoms with Gasteiger partial charge >= 0.3 is 0 Å². The van der Waals surface area contributed by atoms with E-state index >= 15 is 0 Å². The highest BCUT2D eigenvalue weighted by atomic mass is 79.9. The van der Waals surface area contributed by atoms with Gasteiger partial charge in [-0.2, -0.15) is 5.26 Å². The summed E-state index contributed by atoms with van der Waals surface area (Å²) in [5, 5.41) is 22.4. The van der Waals surface area contributed by atoms with Gasteiger partial charge in [-0.3, -0.25) is 0 Å². The summed E-state index contributed by atoms with van der Waals surface area (Å²) in [6.45, 7) is 5.41. The summed E-state index contributed by atoms with van der Waals surface area (Å²) in [4.78, 5) is 0. The van der Waals surface area contributed by atoms with Gasteiger partial charge in [-0.25, -0.2) is 0 Å². The van der Waals surface area contributed by atoms with Gasteiger partial charge in [0.25, 0.3) is 0 Å². The van der Waals surface area contributed by atoms with E-state index < -0.39 is 5.60 Å². The van der Waals surface area contributed by atoms with Crippen LogP contribution in [0.2, 0.25) is 5.02 Å². The van der Waals surface area contributed by atoms with E-state index in [1.54, 1.807) is 25.1 Å². The molecule has 1 atom stereocenters. The van der Waals surface area contributed by atoms with Crippen molar-refractivity contribution in [1.82, 2.24) is 0 Å². The third kappa shape index (κ3) is 3.47. The first-order chi connectivity index (χ1) is 7.90. The fourth-order valence-corrected chi connectivity index (χ4v) is 1.63. The van der Waals surface area contributed by atoms with Gasteiger partial charge in [0.1, 0.15) is 11.7 Å². The van der Waals surface area contributed by atoms with Crippen molar-refractivity contribution >= 4 is 33.2 Å². The Kier molecular flexibility index (Phi) is 4.58. The Morgan fingerprint density at radius 1 is 1.71 bits per heavy atom. The SMILES string of the molecule is C=C(Nc1ccc(C#N)c(Cl)c1)[C@@](C)(O)CBr. The van der Waals surface area contributed by atoms with Gasteiger partial charge < -0.3 is 10.4 Å². The molecule has 0 saturated heterocycles. The zero-order valence-electron chi connectivity index (χ0n) is 9.30. The van der Waals surface area contributed by atoms with Gasteiger partial charge in [0.2, 0.25) is 0 Å². The normalized spacial score (nSPS) is 13.6. The molecule has 90 valence electrons. The Morgan fingerprint density at radius 3 is 2.82 bits per heavy atom. The topological polar surface area (TPSA) is 56.0 Å². The number of nitrogens with zero attached hydrogens (tertiary/aromatic N) is 1. The van der Waals surface area contributed by atoms with Crippen LogP contribution in [0.3, 0.4) is 0 Å². The first-order valence-electron chi connectivity index (χ1n) is 4.85. The predicted octanol–water partition coefficient (Wildman–Crippen LogP) is 3.28. The molecule has 0 bridgehead atoms. The number of alkyl halides is 1. The fraction of sp³-hybridized carbons (Fsp3) is 0.250. The van der Waals surface area contributed by atoms with Crippen LogP contribution in [0.1, 0.15) is 12.5 Å². The van der Waals surface area contributed by atoms with Crippen LogP contribution >= 0.6 is 27.5 Å². The molecule has 0 aliphatic heterocycles. The predicted molar refractivity (Wildman–Crippen MR) is 73.3 cm³/mol. The van der Waals surface area contributed by atoms with E-state index in [4.69, 9.17) is 16.9 Å². The maximum atomic E-state index is 9.93. The molecule has 3 nitrogen and oxygen atoms in total. The summed E-state index contributed by atoms with van der Waals surface area (Å²) in [5.74, 6) is 0. The summed E-state index contributed by atoms with van der Waals surface area (Å²) in [7, 11) is 0. The minimum absolute atomic E-state index is 0.365. The highest BCUT2D eigenvalue weighted by Gasteiger charge is 2.22. The lowest BCUT2D eigenvalue weighted by molar-refractivity contribution is 0.128. The largest absolute Gasteiger partial charge is 0.383 e. The molecular weight excluding hydrogens is 304 g/mol. The average molecular weight is 316 g/mol. The van der Waals surface area contributed by atoms with Crippen LogP contribution in [0.25, 0.3) is 0 Å². The molecule has 0 amide bonds. The van der Waals surface area contributed by atoms with E-state index in [0.717, 1.165) is 0 Å². The summed E-state index contributed by atoms with van der Waals surface area (Å²) >= 11 is 9.10. The van der Waals surface area contributed by atoms with Crippen LogP contribution in [0.4, 0.5) is 5.69 Å². The van der Waals surface area contributed by atoms with Crippen molar-refractivity contribution in [1.29, 1.82) is 5.26 Å². The molecule has 1 rings (SSSR count). The Bertz CT molecular complexity index is 480. The van der Waals surface area contributed by atoms with Gasteiger partial charge in [-0.05, 0) is 25.1 Å². The number of nitrogens with one attached hydrogen (secondary N) is 1. The average Bonchev–Trinajstić information content (AvgIpc) is 2.29. The van der Waals surface area contributed by atoms with E-state index in [9.17, 15) is 5.11 Å². The van der Waals surface area contributed by atoms with Crippen molar-refractivity contribution in [2.75, 3.05) is 10.6 Å². The van der Waals surface area contributed by atoms with Crippen LogP contribution in [-0.4, -0.2) is 16.0 Å². The second-order valence-corrected chi connectivity index (χ2v) is 4.79. The first kappa shape index (κ1) is 14.0. The second-order valence-electron chi connectivity index (χ2n) is 3.82. The summed E-state index contributed by atoms with van der Waals surface area (Å²) in [6, 6.07) is 6.92. The Hall–Kier alpha value is -1.02. The Labute approximate surface area is 114 Å². The molecule has 5 heteroatoms. The van der Waals surface area contributed by atoms with E-state index in [0.29, 0.717) is 27.3 Å². The smallest absolute Gasteiger partial charge is 0.110 e. The lowest BCUT2D eigenvalue weighted by Gasteiger charge is -2.24. The third-order valence-corrected chi connectivity index (χ3v) is 3.70. The molecule has 0 aromatic heterocycles. The summed E-state index contributed by atoms with van der Waals surface area (Å²) < 4.78 is 0. The summed E-state index contributed by atoms with van der Waals surface area (Å²) in [6.07, 6.45) is 0. The lowest BCUT2D eigenvalue weighted by atomic mass is 10.1. The molecule has 0 saturated carbocycles. The minimum Gasteiger partial charge on any atom is -0.383 e. The van der Waals surface area contributed by atoms with Gasteiger partial charge in [0, 0.05) is 16.7 Å². The monoisotopic (exact) mass is 314 g/mol. The van der Waals surface area contributed by atoms with E-state index in [1.165, 1.54) is 0 Å². The Morgan fingerprint density at radius 2 is 2.35 bits per heavy atom. The van der Waals surface area contributed by atoms with Gasteiger partial charge in [-0.15, -0.1) is 0 Å². The van der Waals surface area contributed by atoms with Crippen molar-refractivity contribution in [3.8, 4) is 6.07 Å². The van der Waals surface area contributed by atoms with Crippen molar-refractivity contribution in [3.05, 3.63) is 41.1 Å². The first-order valence-corrected chi connectivity index (χ1v) is 6.35. The standard InChI is InChI=1S/C12H12BrClN2O/c1-8(12(2,17)7-13)16-10-4-3-9(6-15)11(14)5-10/h3-5,16-17H,1,7H2,2H3/t12-/m0/s1. The molecule has 0 fully saturated rings. The van der Waals surface area contributed by atoms with Crippen molar-refractivity contribution in [3.63, 3.8) is 0 Å². The highest BCUT2D eigenvalue weighted by Crippen LogP contribution is 2.24. The zero-order chi connectivity index (χ0) is 13.1. The van der Waals surface area contributed by atoms with Crippen LogP contribution in [0.15, 0.2) is 30.5 Å². The molecule has 2 N–H and O–H groups in total. The molecule has 0 heterocycles. The molecule has 0 aliphatic carbocycles. The molecule has 17 heavy (non-hydrogen) atoms. The second kappa shape index (κ2) is 5.54. The molecule has 0 radical (unpaired) electrons. The fourth-order valence-electron chi connectivity index (χ4n) is 1.07. The third-order valence-electron chi connectivity index (χ3n) is 2.30. The van der Waals surface area contributed by atoms with Gasteiger partial charge in [-0.1, -0.05) is 34.1 Å². The quantitative estimate of drug-likeness (QED) is 0.838. The van der Waals surface area contributed by atoms with Gasteiger partial charge in [0.05, 0.1) is 10.6 Å². The zero-order valence-corrected chi connectivity index (χ0v) is 11.6. The molecule has 1 aromatic carbocycles. The number of benzene rings is 1. The maximum absolute atomic E-state index is 9.93. The molecule has 0 aliphatic rings. The minimum atomic E-state index is -1.06. The number of nitriles is 1. The number of aliphatic hydroxyl groups is 1.